The van der Waals surface area contributed by atoms with Gasteiger partial charge in [0.15, 0.2) is 5.78 Å². The van der Waals surface area contributed by atoms with Crippen LogP contribution >= 0.6 is 46.6 Å². The van der Waals surface area contributed by atoms with Crippen molar-refractivity contribution in [3.8, 4) is 6.07 Å². The summed E-state index contributed by atoms with van der Waals surface area (Å²) in [5.41, 5.74) is 11.1. The van der Waals surface area contributed by atoms with Gasteiger partial charge in [0.1, 0.15) is 11.5 Å². The average Bonchev–Trinajstić information content (AvgIpc) is 2.93. The van der Waals surface area contributed by atoms with Crippen LogP contribution in [0.15, 0.2) is 76.1 Å². The van der Waals surface area contributed by atoms with E-state index in [2.05, 4.69) is 6.07 Å². The highest BCUT2D eigenvalue weighted by Gasteiger charge is 2.46. The summed E-state index contributed by atoms with van der Waals surface area (Å²) in [6.45, 7) is 7.92. The summed E-state index contributed by atoms with van der Waals surface area (Å²) in [4.78, 5) is 28.0. The van der Waals surface area contributed by atoms with E-state index < -0.39 is 16.3 Å². The van der Waals surface area contributed by atoms with E-state index in [0.717, 1.165) is 27.1 Å². The molecule has 3 aromatic rings. The maximum atomic E-state index is 14.0. The zero-order valence-corrected chi connectivity index (χ0v) is 27.6. The molecule has 3 aromatic carbocycles. The lowest BCUT2D eigenvalue weighted by atomic mass is 9.68. The molecule has 2 aliphatic rings. The SMILES string of the molecule is Cc1cc(C)c(C2C(C#N)=C(N)N(c3ccc(Cl)cc3[N+](=O)[O-])C3=C2C(=O)CC(C)(C)C3)cc1CSc1cc(Cl)ccc1Cl. The molecule has 226 valence electrons. The minimum absolute atomic E-state index is 0.0498. The van der Waals surface area contributed by atoms with Crippen molar-refractivity contribution in [3.05, 3.63) is 119 Å². The van der Waals surface area contributed by atoms with Gasteiger partial charge in [-0.1, -0.05) is 60.8 Å². The Morgan fingerprint density at radius 3 is 2.43 bits per heavy atom. The highest BCUT2D eigenvalue weighted by Crippen LogP contribution is 2.52. The summed E-state index contributed by atoms with van der Waals surface area (Å²) < 4.78 is 0. The summed E-state index contributed by atoms with van der Waals surface area (Å²) in [6.07, 6.45) is 0.684. The Morgan fingerprint density at radius 2 is 1.75 bits per heavy atom. The van der Waals surface area contributed by atoms with Crippen LogP contribution in [0.2, 0.25) is 15.1 Å². The van der Waals surface area contributed by atoms with Crippen molar-refractivity contribution in [2.75, 3.05) is 4.90 Å². The van der Waals surface area contributed by atoms with Gasteiger partial charge in [0, 0.05) is 44.5 Å². The molecular formula is C33H29Cl3N4O3S. The molecule has 0 radical (unpaired) electrons. The topological polar surface area (TPSA) is 113 Å². The minimum Gasteiger partial charge on any atom is -0.384 e. The summed E-state index contributed by atoms with van der Waals surface area (Å²) in [5, 5.41) is 24.0. The molecule has 0 bridgehead atoms. The number of ketones is 1. The fourth-order valence-electron chi connectivity index (χ4n) is 6.05. The number of anilines is 1. The smallest absolute Gasteiger partial charge is 0.294 e. The predicted octanol–water partition coefficient (Wildman–Crippen LogP) is 9.41. The molecule has 11 heteroatoms. The second-order valence-electron chi connectivity index (χ2n) is 11.9. The predicted molar refractivity (Wildman–Crippen MR) is 177 cm³/mol. The van der Waals surface area contributed by atoms with Crippen LogP contribution in [-0.2, 0) is 10.5 Å². The Morgan fingerprint density at radius 1 is 1.07 bits per heavy atom. The molecule has 1 heterocycles. The zero-order valence-electron chi connectivity index (χ0n) is 24.5. The number of rotatable bonds is 6. The maximum absolute atomic E-state index is 14.0. The van der Waals surface area contributed by atoms with Gasteiger partial charge in [0.05, 0.1) is 27.5 Å². The first-order valence-electron chi connectivity index (χ1n) is 13.8. The van der Waals surface area contributed by atoms with Gasteiger partial charge in [-0.25, -0.2) is 0 Å². The van der Waals surface area contributed by atoms with Crippen LogP contribution in [0.5, 0.6) is 0 Å². The second-order valence-corrected chi connectivity index (χ2v) is 14.2. The number of hydrogen-bond donors (Lipinski definition) is 1. The Balaban J connectivity index is 1.70. The number of Topliss-reactive ketones (excluding diaryl/α,β-unsaturated/α-hetero) is 1. The third-order valence-electron chi connectivity index (χ3n) is 8.07. The second kappa shape index (κ2) is 12.1. The largest absolute Gasteiger partial charge is 0.384 e. The highest BCUT2D eigenvalue weighted by molar-refractivity contribution is 7.98. The number of benzene rings is 3. The Hall–Kier alpha value is -3.48. The lowest BCUT2D eigenvalue weighted by Crippen LogP contribution is -2.42. The van der Waals surface area contributed by atoms with Crippen molar-refractivity contribution in [1.82, 2.24) is 0 Å². The fourth-order valence-corrected chi connectivity index (χ4v) is 7.78. The molecule has 0 spiro atoms. The van der Waals surface area contributed by atoms with Crippen LogP contribution in [0.25, 0.3) is 0 Å². The maximum Gasteiger partial charge on any atom is 0.294 e. The molecule has 44 heavy (non-hydrogen) atoms. The number of nitro groups is 1. The Labute approximate surface area is 275 Å². The number of halogens is 3. The van der Waals surface area contributed by atoms with E-state index in [1.54, 1.807) is 23.9 Å². The molecule has 7 nitrogen and oxygen atoms in total. The molecule has 0 saturated carbocycles. The Bertz CT molecular complexity index is 1840. The molecule has 1 aliphatic carbocycles. The summed E-state index contributed by atoms with van der Waals surface area (Å²) in [7, 11) is 0. The molecule has 0 aromatic heterocycles. The van der Waals surface area contributed by atoms with Crippen LogP contribution in [0.1, 0.15) is 54.9 Å². The normalized spacial score (nSPS) is 17.9. The number of nitriles is 1. The number of hydrogen-bond acceptors (Lipinski definition) is 7. The monoisotopic (exact) mass is 666 g/mol. The molecule has 0 amide bonds. The van der Waals surface area contributed by atoms with Gasteiger partial charge in [-0.3, -0.25) is 19.8 Å². The fraction of sp³-hybridized carbons (Fsp3) is 0.273. The molecule has 1 aliphatic heterocycles. The van der Waals surface area contributed by atoms with Gasteiger partial charge in [-0.05, 0) is 78.3 Å². The van der Waals surface area contributed by atoms with Gasteiger partial charge in [-0.15, -0.1) is 11.8 Å². The molecule has 0 saturated heterocycles. The van der Waals surface area contributed by atoms with Crippen LogP contribution in [0.3, 0.4) is 0 Å². The van der Waals surface area contributed by atoms with Gasteiger partial charge in [0.2, 0.25) is 0 Å². The number of carbonyl (C=O) groups excluding carboxylic acids is 1. The molecular weight excluding hydrogens is 639 g/mol. The van der Waals surface area contributed by atoms with Crippen molar-refractivity contribution in [2.24, 2.45) is 11.1 Å². The summed E-state index contributed by atoms with van der Waals surface area (Å²) in [6, 6.07) is 15.9. The number of nitrogens with zero attached hydrogens (tertiary/aromatic N) is 3. The van der Waals surface area contributed by atoms with E-state index in [9.17, 15) is 20.2 Å². The number of carbonyl (C=O) groups is 1. The molecule has 1 unspecified atom stereocenters. The van der Waals surface area contributed by atoms with Crippen LogP contribution < -0.4 is 10.6 Å². The highest BCUT2D eigenvalue weighted by atomic mass is 35.5. The lowest BCUT2D eigenvalue weighted by molar-refractivity contribution is -0.384. The first kappa shape index (κ1) is 31.9. The summed E-state index contributed by atoms with van der Waals surface area (Å²) >= 11 is 20.3. The number of aryl methyl sites for hydroxylation is 2. The Kier molecular flexibility index (Phi) is 8.80. The average molecular weight is 668 g/mol. The van der Waals surface area contributed by atoms with Crippen molar-refractivity contribution in [2.45, 2.75) is 57.1 Å². The molecule has 0 fully saturated rings. The number of nitrogens with two attached hydrogens (primary N) is 1. The summed E-state index contributed by atoms with van der Waals surface area (Å²) in [5.74, 6) is -0.234. The van der Waals surface area contributed by atoms with Gasteiger partial charge < -0.3 is 5.73 Å². The molecule has 2 N–H and O–H groups in total. The lowest BCUT2D eigenvalue weighted by Gasteiger charge is -2.43. The van der Waals surface area contributed by atoms with E-state index in [4.69, 9.17) is 40.5 Å². The standard InChI is InChI=1S/C33H29Cl3N4O3S/c1-17-9-18(2)22(10-19(17)16-44-29-12-21(35)5-7-24(29)36)30-23(15-37)32(38)39(25-8-6-20(34)11-26(25)40(42)43)27-13-33(3,4)14-28(41)31(27)30/h5-12,30H,13-14,16,38H2,1-4H3. The van der Waals surface area contributed by atoms with Crippen LogP contribution in [-0.4, -0.2) is 10.7 Å². The van der Waals surface area contributed by atoms with E-state index in [0.29, 0.717) is 33.5 Å². The van der Waals surface area contributed by atoms with E-state index in [1.807, 2.05) is 45.9 Å². The van der Waals surface area contributed by atoms with Crippen LogP contribution in [0.4, 0.5) is 11.4 Å². The van der Waals surface area contributed by atoms with Crippen molar-refractivity contribution >= 4 is 63.7 Å². The van der Waals surface area contributed by atoms with Crippen molar-refractivity contribution < 1.29 is 9.72 Å². The van der Waals surface area contributed by atoms with Gasteiger partial charge >= 0.3 is 0 Å². The minimum atomic E-state index is -0.736. The quantitative estimate of drug-likeness (QED) is 0.158. The number of thioether (sulfide) groups is 1. The van der Waals surface area contributed by atoms with Crippen molar-refractivity contribution in [3.63, 3.8) is 0 Å². The van der Waals surface area contributed by atoms with E-state index in [1.165, 1.54) is 23.1 Å². The van der Waals surface area contributed by atoms with E-state index in [-0.39, 0.29) is 40.0 Å². The molecule has 5 rings (SSSR count). The third kappa shape index (κ3) is 5.94. The first-order valence-corrected chi connectivity index (χ1v) is 15.9. The number of allylic oxidation sites excluding steroid dienone is 3. The third-order valence-corrected chi connectivity index (χ3v) is 10.1. The van der Waals surface area contributed by atoms with Gasteiger partial charge in [-0.2, -0.15) is 5.26 Å². The molecule has 1 atom stereocenters. The van der Waals surface area contributed by atoms with Crippen LogP contribution in [0, 0.1) is 40.7 Å². The van der Waals surface area contributed by atoms with Gasteiger partial charge in [0.25, 0.3) is 5.69 Å². The zero-order chi connectivity index (χ0) is 32.1. The van der Waals surface area contributed by atoms with E-state index >= 15 is 0 Å². The number of nitro benzene ring substituents is 1. The first-order chi connectivity index (χ1) is 20.7. The van der Waals surface area contributed by atoms with Crippen molar-refractivity contribution in [1.29, 1.82) is 5.26 Å².